The number of rotatable bonds is 15. The van der Waals surface area contributed by atoms with E-state index in [0.717, 1.165) is 12.8 Å². The molecule has 0 heterocycles. The summed E-state index contributed by atoms with van der Waals surface area (Å²) in [6.45, 7) is 5.64. The molecule has 0 saturated heterocycles. The van der Waals surface area contributed by atoms with Crippen molar-refractivity contribution in [3.05, 3.63) is 23.8 Å². The zero-order chi connectivity index (χ0) is 20.1. The molecule has 0 saturated carbocycles. The van der Waals surface area contributed by atoms with E-state index >= 15 is 0 Å². The first-order valence-corrected chi connectivity index (χ1v) is 12.1. The lowest BCUT2D eigenvalue weighted by atomic mass is 10.0. The minimum atomic E-state index is -3.73. The summed E-state index contributed by atoms with van der Waals surface area (Å²) in [4.78, 5) is 0. The number of phenols is 1. The Labute approximate surface area is 166 Å². The third kappa shape index (κ3) is 9.50. The Hall–Kier alpha value is -1.23. The molecule has 0 fully saturated rings. The van der Waals surface area contributed by atoms with Crippen LogP contribution in [0.4, 0.5) is 0 Å². The van der Waals surface area contributed by atoms with Crippen molar-refractivity contribution in [2.75, 3.05) is 0 Å². The van der Waals surface area contributed by atoms with Crippen LogP contribution in [0.15, 0.2) is 18.2 Å². The van der Waals surface area contributed by atoms with Gasteiger partial charge in [0.2, 0.25) is 0 Å². The second kappa shape index (κ2) is 13.0. The Bertz CT molecular complexity index is 605. The standard InChI is InChI=1S/C22H38O4S/c1-4-5-6-7-8-9-10-11-12-13-14-17-20(3)27(24,25)26-22-19(2)16-15-18-21(22)23/h15-16,18,20,23H,4-14,17H2,1-3H3. The highest BCUT2D eigenvalue weighted by molar-refractivity contribution is 7.87. The third-order valence-corrected chi connectivity index (χ3v) is 6.72. The molecule has 0 amide bonds. The molecule has 0 spiro atoms. The topological polar surface area (TPSA) is 63.6 Å². The number of unbranched alkanes of at least 4 members (excludes halogenated alkanes) is 10. The number of hydrogen-bond acceptors (Lipinski definition) is 4. The molecule has 1 rings (SSSR count). The van der Waals surface area contributed by atoms with Crippen LogP contribution in [0, 0.1) is 6.92 Å². The summed E-state index contributed by atoms with van der Waals surface area (Å²) >= 11 is 0. The quantitative estimate of drug-likeness (QED) is 0.270. The number of phenolic OH excluding ortho intramolecular Hbond substituents is 1. The van der Waals surface area contributed by atoms with Gasteiger partial charge in [0.25, 0.3) is 0 Å². The second-order valence-corrected chi connectivity index (χ2v) is 9.59. The summed E-state index contributed by atoms with van der Waals surface area (Å²) in [5.74, 6) is -0.0937. The van der Waals surface area contributed by atoms with Crippen LogP contribution in [0.25, 0.3) is 0 Å². The smallest absolute Gasteiger partial charge is 0.311 e. The Morgan fingerprint density at radius 2 is 1.44 bits per heavy atom. The van der Waals surface area contributed by atoms with Gasteiger partial charge < -0.3 is 9.29 Å². The van der Waals surface area contributed by atoms with Crippen LogP contribution < -0.4 is 4.18 Å². The molecular formula is C22H38O4S. The number of hydrogen-bond donors (Lipinski definition) is 1. The highest BCUT2D eigenvalue weighted by atomic mass is 32.2. The van der Waals surface area contributed by atoms with E-state index in [-0.39, 0.29) is 11.5 Å². The fourth-order valence-corrected chi connectivity index (χ4v) is 4.25. The molecule has 1 atom stereocenters. The lowest BCUT2D eigenvalue weighted by Gasteiger charge is -2.15. The summed E-state index contributed by atoms with van der Waals surface area (Å²) in [6, 6.07) is 4.82. The summed E-state index contributed by atoms with van der Waals surface area (Å²) in [7, 11) is -3.73. The molecule has 27 heavy (non-hydrogen) atoms. The lowest BCUT2D eigenvalue weighted by molar-refractivity contribution is 0.419. The van der Waals surface area contributed by atoms with Crippen molar-refractivity contribution in [3.8, 4) is 11.5 Å². The van der Waals surface area contributed by atoms with Gasteiger partial charge in [0, 0.05) is 0 Å². The maximum Gasteiger partial charge on any atom is 0.311 e. The van der Waals surface area contributed by atoms with Gasteiger partial charge in [-0.3, -0.25) is 0 Å². The van der Waals surface area contributed by atoms with Gasteiger partial charge in [0.1, 0.15) is 0 Å². The molecule has 0 aliphatic heterocycles. The van der Waals surface area contributed by atoms with Crippen LogP contribution >= 0.6 is 0 Å². The van der Waals surface area contributed by atoms with Crippen molar-refractivity contribution in [1.82, 2.24) is 0 Å². The molecular weight excluding hydrogens is 360 g/mol. The van der Waals surface area contributed by atoms with Crippen molar-refractivity contribution in [2.24, 2.45) is 0 Å². The van der Waals surface area contributed by atoms with Crippen molar-refractivity contribution >= 4 is 10.1 Å². The molecule has 156 valence electrons. The summed E-state index contributed by atoms with van der Waals surface area (Å²) in [5.41, 5.74) is 0.612. The van der Waals surface area contributed by atoms with Crippen LogP contribution in [0.3, 0.4) is 0 Å². The van der Waals surface area contributed by atoms with Gasteiger partial charge in [-0.15, -0.1) is 0 Å². The Morgan fingerprint density at radius 1 is 0.926 bits per heavy atom. The SMILES string of the molecule is CCCCCCCCCCCCCC(C)S(=O)(=O)Oc1c(C)cccc1O. The molecule has 0 radical (unpaired) electrons. The maximum atomic E-state index is 12.4. The summed E-state index contributed by atoms with van der Waals surface area (Å²) in [5, 5.41) is 9.25. The normalized spacial score (nSPS) is 12.9. The van der Waals surface area contributed by atoms with Gasteiger partial charge in [0.15, 0.2) is 11.5 Å². The molecule has 0 aromatic heterocycles. The Balaban J connectivity index is 2.19. The molecule has 1 aromatic rings. The van der Waals surface area contributed by atoms with E-state index in [9.17, 15) is 13.5 Å². The first-order valence-electron chi connectivity index (χ1n) is 10.6. The van der Waals surface area contributed by atoms with E-state index in [2.05, 4.69) is 6.92 Å². The van der Waals surface area contributed by atoms with Crippen LogP contribution in [-0.4, -0.2) is 18.8 Å². The van der Waals surface area contributed by atoms with E-state index in [4.69, 9.17) is 4.18 Å². The van der Waals surface area contributed by atoms with Gasteiger partial charge in [-0.1, -0.05) is 89.7 Å². The molecule has 0 aliphatic carbocycles. The highest BCUT2D eigenvalue weighted by Crippen LogP contribution is 2.31. The monoisotopic (exact) mass is 398 g/mol. The molecule has 0 bridgehead atoms. The van der Waals surface area contributed by atoms with E-state index in [1.54, 1.807) is 26.0 Å². The van der Waals surface area contributed by atoms with Gasteiger partial charge in [-0.25, -0.2) is 0 Å². The predicted molar refractivity (Wildman–Crippen MR) is 113 cm³/mol. The predicted octanol–water partition coefficient (Wildman–Crippen LogP) is 6.50. The van der Waals surface area contributed by atoms with Gasteiger partial charge in [0.05, 0.1) is 5.25 Å². The molecule has 5 heteroatoms. The Kier molecular flexibility index (Phi) is 11.5. The third-order valence-electron chi connectivity index (χ3n) is 5.10. The fourth-order valence-electron chi connectivity index (χ4n) is 3.18. The van der Waals surface area contributed by atoms with E-state index in [1.807, 2.05) is 0 Å². The van der Waals surface area contributed by atoms with Gasteiger partial charge >= 0.3 is 10.1 Å². The summed E-state index contributed by atoms with van der Waals surface area (Å²) < 4.78 is 30.0. The van der Waals surface area contributed by atoms with Crippen LogP contribution in [0.2, 0.25) is 0 Å². The van der Waals surface area contributed by atoms with E-state index < -0.39 is 15.4 Å². The number of benzene rings is 1. The highest BCUT2D eigenvalue weighted by Gasteiger charge is 2.24. The first-order chi connectivity index (χ1) is 12.9. The molecule has 1 N–H and O–H groups in total. The number of para-hydroxylation sites is 1. The average molecular weight is 399 g/mol. The van der Waals surface area contributed by atoms with Crippen molar-refractivity contribution < 1.29 is 17.7 Å². The van der Waals surface area contributed by atoms with Crippen molar-refractivity contribution in [2.45, 2.75) is 103 Å². The van der Waals surface area contributed by atoms with Gasteiger partial charge in [-0.2, -0.15) is 8.42 Å². The van der Waals surface area contributed by atoms with E-state index in [1.165, 1.54) is 63.9 Å². The van der Waals surface area contributed by atoms with Crippen molar-refractivity contribution in [3.63, 3.8) is 0 Å². The zero-order valence-electron chi connectivity index (χ0n) is 17.4. The van der Waals surface area contributed by atoms with E-state index in [0.29, 0.717) is 12.0 Å². The number of aryl methyl sites for hydroxylation is 1. The van der Waals surface area contributed by atoms with Crippen LogP contribution in [0.5, 0.6) is 11.5 Å². The molecule has 4 nitrogen and oxygen atoms in total. The Morgan fingerprint density at radius 3 is 1.96 bits per heavy atom. The fraction of sp³-hybridized carbons (Fsp3) is 0.727. The van der Waals surface area contributed by atoms with Gasteiger partial charge in [-0.05, 0) is 31.9 Å². The minimum Gasteiger partial charge on any atom is -0.504 e. The minimum absolute atomic E-state index is 0.0447. The number of aromatic hydroxyl groups is 1. The lowest BCUT2D eigenvalue weighted by Crippen LogP contribution is -2.23. The largest absolute Gasteiger partial charge is 0.504 e. The van der Waals surface area contributed by atoms with Crippen LogP contribution in [-0.2, 0) is 10.1 Å². The molecule has 1 unspecified atom stereocenters. The molecule has 1 aromatic carbocycles. The summed E-state index contributed by atoms with van der Waals surface area (Å²) in [6.07, 6.45) is 14.3. The molecule has 0 aliphatic rings. The first kappa shape index (κ1) is 23.8. The maximum absolute atomic E-state index is 12.4. The van der Waals surface area contributed by atoms with Crippen molar-refractivity contribution in [1.29, 1.82) is 0 Å². The average Bonchev–Trinajstić information content (AvgIpc) is 2.62. The second-order valence-electron chi connectivity index (χ2n) is 7.63. The zero-order valence-corrected chi connectivity index (χ0v) is 18.2. The van der Waals surface area contributed by atoms with Crippen LogP contribution in [0.1, 0.15) is 96.5 Å².